The van der Waals surface area contributed by atoms with Gasteiger partial charge in [-0.25, -0.2) is 14.0 Å². The molecule has 0 radical (unpaired) electrons. The first-order valence-corrected chi connectivity index (χ1v) is 12.5. The first-order valence-electron chi connectivity index (χ1n) is 12.5. The van der Waals surface area contributed by atoms with Crippen LogP contribution in [0.5, 0.6) is 0 Å². The SMILES string of the molecule is CCOC(=O)C1=C(CN2CCN(C(=O)C3CCCC3)C(C)C2)N(C)C(=O)NC1c1ccccc1F. The Kier molecular flexibility index (Phi) is 7.74. The number of nitrogens with one attached hydrogen (secondary N) is 1. The van der Waals surface area contributed by atoms with Crippen LogP contribution in [0, 0.1) is 11.7 Å². The van der Waals surface area contributed by atoms with Crippen molar-refractivity contribution in [3.05, 3.63) is 46.9 Å². The predicted molar refractivity (Wildman–Crippen MR) is 129 cm³/mol. The van der Waals surface area contributed by atoms with Crippen molar-refractivity contribution >= 4 is 17.9 Å². The second-order valence-corrected chi connectivity index (χ2v) is 9.64. The minimum atomic E-state index is -0.948. The Balaban J connectivity index is 1.60. The highest BCUT2D eigenvalue weighted by atomic mass is 19.1. The Morgan fingerprint density at radius 3 is 2.54 bits per heavy atom. The molecule has 1 saturated heterocycles. The fourth-order valence-corrected chi connectivity index (χ4v) is 5.46. The van der Waals surface area contributed by atoms with Crippen LogP contribution in [0.1, 0.15) is 51.1 Å². The third-order valence-corrected chi connectivity index (χ3v) is 7.36. The van der Waals surface area contributed by atoms with Crippen LogP contribution in [-0.2, 0) is 14.3 Å². The van der Waals surface area contributed by atoms with Gasteiger partial charge in [0.05, 0.1) is 18.2 Å². The van der Waals surface area contributed by atoms with Crippen LogP contribution >= 0.6 is 0 Å². The van der Waals surface area contributed by atoms with Crippen molar-refractivity contribution in [2.75, 3.05) is 39.8 Å². The number of esters is 1. The molecule has 0 aromatic heterocycles. The lowest BCUT2D eigenvalue weighted by molar-refractivity contribution is -0.140. The standard InChI is InChI=1S/C26H35FN4O4/c1-4-35-25(33)22-21(29(3)26(34)28-23(22)19-11-7-8-12-20(19)27)16-30-13-14-31(17(2)15-30)24(32)18-9-5-6-10-18/h7-8,11-12,17-18,23H,4-6,9-10,13-16H2,1-3H3,(H,28,34). The van der Waals surface area contributed by atoms with Gasteiger partial charge >= 0.3 is 12.0 Å². The van der Waals surface area contributed by atoms with Gasteiger partial charge in [0.25, 0.3) is 0 Å². The number of carbonyl (C=O) groups excluding carboxylic acids is 3. The Morgan fingerprint density at radius 2 is 1.89 bits per heavy atom. The Bertz CT molecular complexity index is 1010. The summed E-state index contributed by atoms with van der Waals surface area (Å²) >= 11 is 0. The van der Waals surface area contributed by atoms with Crippen molar-refractivity contribution in [1.29, 1.82) is 0 Å². The number of urea groups is 1. The first-order chi connectivity index (χ1) is 16.8. The average molecular weight is 487 g/mol. The van der Waals surface area contributed by atoms with E-state index in [0.29, 0.717) is 31.9 Å². The molecular formula is C26H35FN4O4. The van der Waals surface area contributed by atoms with E-state index in [1.165, 1.54) is 11.0 Å². The number of benzene rings is 1. The molecule has 2 aliphatic heterocycles. The maximum atomic E-state index is 14.7. The number of rotatable bonds is 6. The van der Waals surface area contributed by atoms with Crippen LogP contribution in [0.25, 0.3) is 0 Å². The highest BCUT2D eigenvalue weighted by Gasteiger charge is 2.39. The first kappa shape index (κ1) is 25.2. The number of halogens is 1. The monoisotopic (exact) mass is 486 g/mol. The molecule has 3 aliphatic rings. The molecule has 1 N–H and O–H groups in total. The van der Waals surface area contributed by atoms with Crippen LogP contribution in [0.2, 0.25) is 0 Å². The van der Waals surface area contributed by atoms with E-state index in [2.05, 4.69) is 10.2 Å². The zero-order valence-corrected chi connectivity index (χ0v) is 20.8. The van der Waals surface area contributed by atoms with Gasteiger partial charge in [0.15, 0.2) is 0 Å². The van der Waals surface area contributed by atoms with E-state index in [9.17, 15) is 18.8 Å². The van der Waals surface area contributed by atoms with Crippen LogP contribution < -0.4 is 5.32 Å². The van der Waals surface area contributed by atoms with Gasteiger partial charge in [-0.1, -0.05) is 31.0 Å². The summed E-state index contributed by atoms with van der Waals surface area (Å²) in [4.78, 5) is 44.5. The third kappa shape index (κ3) is 5.19. The maximum Gasteiger partial charge on any atom is 0.338 e. The van der Waals surface area contributed by atoms with Gasteiger partial charge < -0.3 is 15.0 Å². The summed E-state index contributed by atoms with van der Waals surface area (Å²) in [5.74, 6) is -0.700. The summed E-state index contributed by atoms with van der Waals surface area (Å²) in [5.41, 5.74) is 0.939. The molecule has 8 nitrogen and oxygen atoms in total. The molecule has 190 valence electrons. The number of carbonyl (C=O) groups is 3. The van der Waals surface area contributed by atoms with E-state index in [1.54, 1.807) is 32.2 Å². The lowest BCUT2D eigenvalue weighted by Crippen LogP contribution is -2.57. The molecule has 0 bridgehead atoms. The fraction of sp³-hybridized carbons (Fsp3) is 0.577. The number of likely N-dealkylation sites (N-methyl/N-ethyl adjacent to an activating group) is 1. The van der Waals surface area contributed by atoms with Gasteiger partial charge in [-0.15, -0.1) is 0 Å². The zero-order valence-electron chi connectivity index (χ0n) is 20.8. The fourth-order valence-electron chi connectivity index (χ4n) is 5.46. The molecule has 1 aromatic carbocycles. The molecule has 1 aromatic rings. The molecule has 2 heterocycles. The number of nitrogens with zero attached hydrogens (tertiary/aromatic N) is 3. The Hall–Kier alpha value is -2.94. The number of amides is 3. The third-order valence-electron chi connectivity index (χ3n) is 7.36. The minimum Gasteiger partial charge on any atom is -0.463 e. The largest absolute Gasteiger partial charge is 0.463 e. The molecule has 2 atom stereocenters. The van der Waals surface area contributed by atoms with Crippen molar-refractivity contribution in [1.82, 2.24) is 20.0 Å². The summed E-state index contributed by atoms with van der Waals surface area (Å²) in [7, 11) is 1.60. The van der Waals surface area contributed by atoms with E-state index in [1.807, 2.05) is 11.8 Å². The molecular weight excluding hydrogens is 451 g/mol. The zero-order chi connectivity index (χ0) is 25.1. The summed E-state index contributed by atoms with van der Waals surface area (Å²) in [6.07, 6.45) is 4.18. The van der Waals surface area contributed by atoms with E-state index in [-0.39, 0.29) is 35.6 Å². The number of ether oxygens (including phenoxy) is 1. The molecule has 2 fully saturated rings. The van der Waals surface area contributed by atoms with Crippen LogP contribution in [0.3, 0.4) is 0 Å². The molecule has 35 heavy (non-hydrogen) atoms. The van der Waals surface area contributed by atoms with Crippen molar-refractivity contribution in [2.45, 2.75) is 51.6 Å². The molecule has 1 saturated carbocycles. The van der Waals surface area contributed by atoms with E-state index in [4.69, 9.17) is 4.74 Å². The van der Waals surface area contributed by atoms with Gasteiger partial charge in [0.1, 0.15) is 5.82 Å². The summed E-state index contributed by atoms with van der Waals surface area (Å²) in [6.45, 7) is 6.09. The second kappa shape index (κ2) is 10.8. The van der Waals surface area contributed by atoms with Crippen LogP contribution in [0.4, 0.5) is 9.18 Å². The van der Waals surface area contributed by atoms with Gasteiger partial charge in [0.2, 0.25) is 5.91 Å². The van der Waals surface area contributed by atoms with Crippen molar-refractivity contribution in [3.8, 4) is 0 Å². The van der Waals surface area contributed by atoms with Crippen LogP contribution in [-0.4, -0.2) is 78.5 Å². The Morgan fingerprint density at radius 1 is 1.17 bits per heavy atom. The lowest BCUT2D eigenvalue weighted by atomic mass is 9.93. The highest BCUT2D eigenvalue weighted by molar-refractivity contribution is 5.95. The molecule has 3 amide bonds. The molecule has 9 heteroatoms. The lowest BCUT2D eigenvalue weighted by Gasteiger charge is -2.43. The van der Waals surface area contributed by atoms with Gasteiger partial charge in [-0.3, -0.25) is 14.6 Å². The number of hydrogen-bond acceptors (Lipinski definition) is 5. The molecule has 2 unspecified atom stereocenters. The summed E-state index contributed by atoms with van der Waals surface area (Å²) in [6, 6.07) is 4.78. The smallest absolute Gasteiger partial charge is 0.338 e. The van der Waals surface area contributed by atoms with Gasteiger partial charge in [-0.05, 0) is 32.8 Å². The number of piperazine rings is 1. The Labute approximate surface area is 206 Å². The van der Waals surface area contributed by atoms with Crippen LogP contribution in [0.15, 0.2) is 35.5 Å². The molecule has 1 aliphatic carbocycles. The van der Waals surface area contributed by atoms with Gasteiger partial charge in [0, 0.05) is 56.4 Å². The normalized spacial score (nSPS) is 24.1. The van der Waals surface area contributed by atoms with E-state index >= 15 is 0 Å². The summed E-state index contributed by atoms with van der Waals surface area (Å²) < 4.78 is 20.1. The maximum absolute atomic E-state index is 14.7. The molecule has 4 rings (SSSR count). The van der Waals surface area contributed by atoms with Crippen molar-refractivity contribution < 1.29 is 23.5 Å². The second-order valence-electron chi connectivity index (χ2n) is 9.64. The van der Waals surface area contributed by atoms with Gasteiger partial charge in [-0.2, -0.15) is 0 Å². The topological polar surface area (TPSA) is 82.2 Å². The van der Waals surface area contributed by atoms with E-state index in [0.717, 1.165) is 25.7 Å². The minimum absolute atomic E-state index is 0.0218. The summed E-state index contributed by atoms with van der Waals surface area (Å²) in [5, 5.41) is 2.76. The quantitative estimate of drug-likeness (QED) is 0.625. The predicted octanol–water partition coefficient (Wildman–Crippen LogP) is 3.06. The van der Waals surface area contributed by atoms with Crippen molar-refractivity contribution in [3.63, 3.8) is 0 Å². The number of hydrogen-bond donors (Lipinski definition) is 1. The highest BCUT2D eigenvalue weighted by Crippen LogP contribution is 2.33. The average Bonchev–Trinajstić information content (AvgIpc) is 3.37. The van der Waals surface area contributed by atoms with E-state index < -0.39 is 23.9 Å². The molecule has 0 spiro atoms. The van der Waals surface area contributed by atoms with Crippen molar-refractivity contribution in [2.24, 2.45) is 5.92 Å².